The summed E-state index contributed by atoms with van der Waals surface area (Å²) in [6, 6.07) is 10.1. The SMILES string of the molecule is O=C(c1ccco1)N1CCO[C@@H](CN2CCN(c3ccc(F)cc3)CC2)C1. The van der Waals surface area contributed by atoms with E-state index >= 15 is 0 Å². The van der Waals surface area contributed by atoms with Gasteiger partial charge in [0.1, 0.15) is 5.82 Å². The molecular formula is C20H24FN3O3. The fraction of sp³-hybridized carbons (Fsp3) is 0.450. The molecule has 0 saturated carbocycles. The summed E-state index contributed by atoms with van der Waals surface area (Å²) in [6.45, 7) is 6.16. The van der Waals surface area contributed by atoms with Gasteiger partial charge in [0.05, 0.1) is 19.0 Å². The highest BCUT2D eigenvalue weighted by atomic mass is 19.1. The molecule has 0 N–H and O–H groups in total. The van der Waals surface area contributed by atoms with Crippen LogP contribution in [0, 0.1) is 5.82 Å². The molecule has 0 bridgehead atoms. The smallest absolute Gasteiger partial charge is 0.289 e. The Morgan fingerprint density at radius 2 is 1.85 bits per heavy atom. The lowest BCUT2D eigenvalue weighted by atomic mass is 10.2. The van der Waals surface area contributed by atoms with Gasteiger partial charge < -0.3 is 19.0 Å². The quantitative estimate of drug-likeness (QED) is 0.821. The molecule has 0 unspecified atom stereocenters. The van der Waals surface area contributed by atoms with E-state index in [1.54, 1.807) is 12.1 Å². The lowest BCUT2D eigenvalue weighted by Gasteiger charge is -2.39. The molecule has 6 nitrogen and oxygen atoms in total. The molecule has 2 aromatic rings. The van der Waals surface area contributed by atoms with Gasteiger partial charge in [0, 0.05) is 51.5 Å². The van der Waals surface area contributed by atoms with Gasteiger partial charge in [-0.1, -0.05) is 0 Å². The van der Waals surface area contributed by atoms with Crippen molar-refractivity contribution in [2.75, 3.05) is 57.3 Å². The monoisotopic (exact) mass is 373 g/mol. The van der Waals surface area contributed by atoms with Crippen LogP contribution in [0.25, 0.3) is 0 Å². The van der Waals surface area contributed by atoms with E-state index in [9.17, 15) is 9.18 Å². The molecule has 0 radical (unpaired) electrons. The predicted octanol–water partition coefficient (Wildman–Crippen LogP) is 2.08. The number of benzene rings is 1. The van der Waals surface area contributed by atoms with E-state index in [0.717, 1.165) is 38.4 Å². The van der Waals surface area contributed by atoms with Crippen molar-refractivity contribution in [2.45, 2.75) is 6.10 Å². The third kappa shape index (κ3) is 4.31. The second-order valence-corrected chi connectivity index (χ2v) is 6.99. The molecule has 2 aliphatic heterocycles. The average molecular weight is 373 g/mol. The molecule has 0 aliphatic carbocycles. The summed E-state index contributed by atoms with van der Waals surface area (Å²) in [6.07, 6.45) is 1.53. The number of hydrogen-bond donors (Lipinski definition) is 0. The van der Waals surface area contributed by atoms with E-state index in [1.165, 1.54) is 18.4 Å². The number of rotatable bonds is 4. The van der Waals surface area contributed by atoms with Crippen LogP contribution in [-0.2, 0) is 4.74 Å². The molecule has 4 rings (SSSR count). The molecule has 2 aliphatic rings. The number of carbonyl (C=O) groups is 1. The van der Waals surface area contributed by atoms with Crippen LogP contribution >= 0.6 is 0 Å². The van der Waals surface area contributed by atoms with Crippen molar-refractivity contribution in [3.05, 3.63) is 54.2 Å². The highest BCUT2D eigenvalue weighted by Gasteiger charge is 2.28. The van der Waals surface area contributed by atoms with Crippen molar-refractivity contribution >= 4 is 11.6 Å². The van der Waals surface area contributed by atoms with E-state index in [1.807, 2.05) is 17.0 Å². The zero-order valence-corrected chi connectivity index (χ0v) is 15.2. The maximum atomic E-state index is 13.1. The number of furan rings is 1. The van der Waals surface area contributed by atoms with Gasteiger partial charge in [-0.25, -0.2) is 4.39 Å². The van der Waals surface area contributed by atoms with Crippen LogP contribution in [0.15, 0.2) is 47.1 Å². The van der Waals surface area contributed by atoms with Gasteiger partial charge in [-0.15, -0.1) is 0 Å². The van der Waals surface area contributed by atoms with Gasteiger partial charge >= 0.3 is 0 Å². The van der Waals surface area contributed by atoms with E-state index in [-0.39, 0.29) is 17.8 Å². The van der Waals surface area contributed by atoms with E-state index < -0.39 is 0 Å². The lowest BCUT2D eigenvalue weighted by molar-refractivity contribution is -0.0370. The molecule has 1 amide bonds. The number of carbonyl (C=O) groups excluding carboxylic acids is 1. The Balaban J connectivity index is 1.27. The first-order valence-electron chi connectivity index (χ1n) is 9.36. The summed E-state index contributed by atoms with van der Waals surface area (Å²) in [5, 5.41) is 0. The normalized spacial score (nSPS) is 21.4. The standard InChI is InChI=1S/C20H24FN3O3/c21-16-3-5-17(6-4-16)23-9-7-22(8-10-23)14-18-15-24(11-13-26-18)20(25)19-2-1-12-27-19/h1-6,12,18H,7-11,13-15H2/t18-/m0/s1. The first kappa shape index (κ1) is 18.0. The molecule has 2 fully saturated rings. The van der Waals surface area contributed by atoms with Gasteiger partial charge in [0.25, 0.3) is 5.91 Å². The molecule has 27 heavy (non-hydrogen) atoms. The number of ether oxygens (including phenoxy) is 1. The minimum absolute atomic E-state index is 0.00929. The Hall–Kier alpha value is -2.38. The topological polar surface area (TPSA) is 49.2 Å². The number of halogens is 1. The molecule has 3 heterocycles. The molecule has 2 saturated heterocycles. The summed E-state index contributed by atoms with van der Waals surface area (Å²) >= 11 is 0. The Morgan fingerprint density at radius 3 is 2.56 bits per heavy atom. The maximum absolute atomic E-state index is 13.1. The van der Waals surface area contributed by atoms with Gasteiger partial charge in [-0.05, 0) is 36.4 Å². The largest absolute Gasteiger partial charge is 0.459 e. The van der Waals surface area contributed by atoms with E-state index in [4.69, 9.17) is 9.15 Å². The Bertz CT molecular complexity index is 742. The summed E-state index contributed by atoms with van der Waals surface area (Å²) in [7, 11) is 0. The fourth-order valence-electron chi connectivity index (χ4n) is 3.70. The van der Waals surface area contributed by atoms with Gasteiger partial charge in [-0.2, -0.15) is 0 Å². The minimum atomic E-state index is -0.208. The van der Waals surface area contributed by atoms with Crippen molar-refractivity contribution in [2.24, 2.45) is 0 Å². The van der Waals surface area contributed by atoms with Gasteiger partial charge in [0.2, 0.25) is 0 Å². The Labute approximate surface area is 158 Å². The zero-order chi connectivity index (χ0) is 18.6. The van der Waals surface area contributed by atoms with Crippen LogP contribution in [0.4, 0.5) is 10.1 Å². The van der Waals surface area contributed by atoms with Crippen LogP contribution in [0.1, 0.15) is 10.6 Å². The second-order valence-electron chi connectivity index (χ2n) is 6.99. The highest BCUT2D eigenvalue weighted by Crippen LogP contribution is 2.18. The number of piperazine rings is 1. The minimum Gasteiger partial charge on any atom is -0.459 e. The van der Waals surface area contributed by atoms with Gasteiger partial charge in [0.15, 0.2) is 5.76 Å². The Kier molecular flexibility index (Phi) is 5.40. The number of hydrogen-bond acceptors (Lipinski definition) is 5. The number of amides is 1. The van der Waals surface area contributed by atoms with Crippen molar-refractivity contribution in [3.8, 4) is 0 Å². The molecule has 1 aromatic carbocycles. The predicted molar refractivity (Wildman–Crippen MR) is 99.4 cm³/mol. The van der Waals surface area contributed by atoms with Crippen LogP contribution in [0.5, 0.6) is 0 Å². The van der Waals surface area contributed by atoms with Crippen molar-refractivity contribution in [3.63, 3.8) is 0 Å². The Morgan fingerprint density at radius 1 is 1.07 bits per heavy atom. The van der Waals surface area contributed by atoms with Crippen molar-refractivity contribution in [1.82, 2.24) is 9.80 Å². The van der Waals surface area contributed by atoms with E-state index in [0.29, 0.717) is 25.5 Å². The zero-order valence-electron chi connectivity index (χ0n) is 15.2. The van der Waals surface area contributed by atoms with Crippen LogP contribution < -0.4 is 4.90 Å². The molecule has 7 heteroatoms. The molecule has 1 atom stereocenters. The third-order valence-corrected chi connectivity index (χ3v) is 5.18. The van der Waals surface area contributed by atoms with Crippen LogP contribution in [0.2, 0.25) is 0 Å². The summed E-state index contributed by atoms with van der Waals surface area (Å²) in [5.74, 6) is 0.0958. The molecule has 1 aromatic heterocycles. The first-order valence-corrected chi connectivity index (χ1v) is 9.36. The molecule has 0 spiro atoms. The maximum Gasteiger partial charge on any atom is 0.289 e. The molecular weight excluding hydrogens is 349 g/mol. The average Bonchev–Trinajstić information content (AvgIpc) is 3.24. The summed E-state index contributed by atoms with van der Waals surface area (Å²) < 4.78 is 24.2. The van der Waals surface area contributed by atoms with Crippen LogP contribution in [0.3, 0.4) is 0 Å². The van der Waals surface area contributed by atoms with Crippen LogP contribution in [-0.4, -0.2) is 74.2 Å². The summed E-state index contributed by atoms with van der Waals surface area (Å²) in [4.78, 5) is 18.9. The van der Waals surface area contributed by atoms with Crippen molar-refractivity contribution in [1.29, 1.82) is 0 Å². The molecule has 144 valence electrons. The number of anilines is 1. The second kappa shape index (κ2) is 8.10. The number of nitrogens with zero attached hydrogens (tertiary/aromatic N) is 3. The first-order chi connectivity index (χ1) is 13.2. The fourth-order valence-corrected chi connectivity index (χ4v) is 3.70. The summed E-state index contributed by atoms with van der Waals surface area (Å²) in [5.41, 5.74) is 1.06. The number of morpholine rings is 1. The third-order valence-electron chi connectivity index (χ3n) is 5.18. The van der Waals surface area contributed by atoms with E-state index in [2.05, 4.69) is 9.80 Å². The lowest BCUT2D eigenvalue weighted by Crippen LogP contribution is -2.53. The highest BCUT2D eigenvalue weighted by molar-refractivity contribution is 5.91. The van der Waals surface area contributed by atoms with Gasteiger partial charge in [-0.3, -0.25) is 9.69 Å². The van der Waals surface area contributed by atoms with Crippen molar-refractivity contribution < 1.29 is 18.3 Å².